The molecule has 0 aliphatic heterocycles. The maximum atomic E-state index is 12.9. The molecule has 0 saturated heterocycles. The van der Waals surface area contributed by atoms with Gasteiger partial charge in [0.2, 0.25) is 17.5 Å². The number of aromatic nitrogens is 2. The van der Waals surface area contributed by atoms with E-state index < -0.39 is 51.5 Å². The summed E-state index contributed by atoms with van der Waals surface area (Å²) >= 11 is 5.83. The number of hydrogen-bond acceptors (Lipinski definition) is 6. The monoisotopic (exact) mass is 479 g/mol. The zero-order chi connectivity index (χ0) is 23.7. The topological polar surface area (TPSA) is 87.4 Å². The number of ether oxygens (including phenoxy) is 2. The normalized spacial score (nSPS) is 11.8. The van der Waals surface area contributed by atoms with Gasteiger partial charge in [0, 0.05) is 12.1 Å². The molecule has 0 aliphatic rings. The molecule has 1 aromatic heterocycles. The maximum Gasteiger partial charge on any atom is 0.416 e. The number of alkyl halides is 6. The van der Waals surface area contributed by atoms with E-state index in [1.165, 1.54) is 0 Å². The van der Waals surface area contributed by atoms with Crippen molar-refractivity contribution in [1.82, 2.24) is 9.97 Å². The molecule has 32 heavy (non-hydrogen) atoms. The molecule has 0 unspecified atom stereocenters. The van der Waals surface area contributed by atoms with Gasteiger partial charge >= 0.3 is 18.0 Å². The molecule has 0 radical (unpaired) electrons. The van der Waals surface area contributed by atoms with Crippen LogP contribution in [0.3, 0.4) is 0 Å². The number of halogens is 7. The average molecular weight is 480 g/mol. The van der Waals surface area contributed by atoms with Gasteiger partial charge in [0.1, 0.15) is 12.1 Å². The summed E-state index contributed by atoms with van der Waals surface area (Å²) in [4.78, 5) is 17.4. The fourth-order valence-corrected chi connectivity index (χ4v) is 2.50. The number of rotatable bonds is 5. The lowest BCUT2D eigenvalue weighted by atomic mass is 10.2. The van der Waals surface area contributed by atoms with Crippen molar-refractivity contribution in [2.24, 2.45) is 0 Å². The summed E-state index contributed by atoms with van der Waals surface area (Å²) in [6.45, 7) is 0. The second-order valence-electron chi connectivity index (χ2n) is 5.98. The molecule has 0 amide bonds. The molecule has 0 fully saturated rings. The first kappa shape index (κ1) is 23.1. The Morgan fingerprint density at radius 1 is 0.812 bits per heavy atom. The zero-order valence-electron chi connectivity index (χ0n) is 15.2. The minimum atomic E-state index is -4.80. The number of nitro groups is 1. The number of nitrogens with zero attached hydrogens (tertiary/aromatic N) is 3. The number of nitro benzene ring substituents is 1. The summed E-state index contributed by atoms with van der Waals surface area (Å²) < 4.78 is 87.8. The third-order valence-electron chi connectivity index (χ3n) is 3.79. The smallest absolute Gasteiger partial charge is 0.416 e. The fourth-order valence-electron chi connectivity index (χ4n) is 2.34. The van der Waals surface area contributed by atoms with E-state index in [-0.39, 0.29) is 10.9 Å². The molecule has 7 nitrogen and oxygen atoms in total. The van der Waals surface area contributed by atoms with Crippen LogP contribution in [0.1, 0.15) is 11.1 Å². The molecule has 0 bridgehead atoms. The molecular weight excluding hydrogens is 472 g/mol. The van der Waals surface area contributed by atoms with Gasteiger partial charge < -0.3 is 9.47 Å². The van der Waals surface area contributed by atoms with Crippen LogP contribution in [0.2, 0.25) is 5.02 Å². The first-order valence-electron chi connectivity index (χ1n) is 8.25. The molecule has 0 aliphatic carbocycles. The Labute approximate surface area is 179 Å². The summed E-state index contributed by atoms with van der Waals surface area (Å²) in [5.74, 6) is -2.05. The molecule has 0 N–H and O–H groups in total. The second kappa shape index (κ2) is 8.49. The van der Waals surface area contributed by atoms with Crippen LogP contribution in [0.4, 0.5) is 32.0 Å². The summed E-state index contributed by atoms with van der Waals surface area (Å²) in [7, 11) is 0. The molecule has 0 saturated carbocycles. The summed E-state index contributed by atoms with van der Waals surface area (Å²) in [5.41, 5.74) is -3.04. The predicted octanol–water partition coefficient (Wildman–Crippen LogP) is 6.66. The standard InChI is InChI=1S/C18H8ClF6N3O4/c19-11-3-1-9(17(20,21)22)5-13(11)31-15-7-16(27-8-26-15)32-14-6-10(18(23,24)25)2-4-12(14)28(29)30/h1-8H. The third-order valence-corrected chi connectivity index (χ3v) is 4.10. The van der Waals surface area contributed by atoms with Crippen molar-refractivity contribution in [2.45, 2.75) is 12.4 Å². The molecule has 0 spiro atoms. The van der Waals surface area contributed by atoms with Crippen LogP contribution in [0.25, 0.3) is 0 Å². The van der Waals surface area contributed by atoms with Crippen LogP contribution in [0.15, 0.2) is 48.8 Å². The molecule has 14 heteroatoms. The van der Waals surface area contributed by atoms with Gasteiger partial charge in [-0.15, -0.1) is 0 Å². The highest BCUT2D eigenvalue weighted by Gasteiger charge is 2.33. The number of benzene rings is 2. The maximum absolute atomic E-state index is 12.9. The van der Waals surface area contributed by atoms with Gasteiger partial charge in [-0.3, -0.25) is 10.1 Å². The highest BCUT2D eigenvalue weighted by molar-refractivity contribution is 6.32. The molecule has 3 aromatic rings. The van der Waals surface area contributed by atoms with Crippen molar-refractivity contribution in [3.05, 3.63) is 75.1 Å². The summed E-state index contributed by atoms with van der Waals surface area (Å²) in [6, 6.07) is 4.72. The van der Waals surface area contributed by atoms with Gasteiger partial charge in [0.05, 0.1) is 27.1 Å². The Kier molecular flexibility index (Phi) is 6.12. The first-order valence-corrected chi connectivity index (χ1v) is 8.62. The Bertz CT molecular complexity index is 1170. The van der Waals surface area contributed by atoms with Crippen molar-refractivity contribution in [1.29, 1.82) is 0 Å². The van der Waals surface area contributed by atoms with Crippen LogP contribution < -0.4 is 9.47 Å². The van der Waals surface area contributed by atoms with Gasteiger partial charge in [-0.05, 0) is 24.3 Å². The first-order chi connectivity index (χ1) is 14.8. The van der Waals surface area contributed by atoms with Crippen LogP contribution in [0, 0.1) is 10.1 Å². The van der Waals surface area contributed by atoms with Crippen molar-refractivity contribution in [2.75, 3.05) is 0 Å². The van der Waals surface area contributed by atoms with Gasteiger partial charge in [-0.1, -0.05) is 11.6 Å². The van der Waals surface area contributed by atoms with Gasteiger partial charge in [-0.25, -0.2) is 9.97 Å². The van der Waals surface area contributed by atoms with Crippen LogP contribution in [0.5, 0.6) is 23.3 Å². The lowest BCUT2D eigenvalue weighted by Gasteiger charge is -2.12. The van der Waals surface area contributed by atoms with E-state index in [0.717, 1.165) is 24.5 Å². The minimum absolute atomic E-state index is 0.187. The zero-order valence-corrected chi connectivity index (χ0v) is 16.0. The average Bonchev–Trinajstić information content (AvgIpc) is 2.68. The second-order valence-corrected chi connectivity index (χ2v) is 6.39. The molecule has 1 heterocycles. The summed E-state index contributed by atoms with van der Waals surface area (Å²) in [6.07, 6.45) is -8.65. The lowest BCUT2D eigenvalue weighted by Crippen LogP contribution is -2.06. The SMILES string of the molecule is O=[N+]([O-])c1ccc(C(F)(F)F)cc1Oc1cc(Oc2cc(C(F)(F)F)ccc2Cl)ncn1. The number of hydrogen-bond donors (Lipinski definition) is 0. The van der Waals surface area contributed by atoms with Crippen molar-refractivity contribution >= 4 is 17.3 Å². The van der Waals surface area contributed by atoms with E-state index in [1.54, 1.807) is 0 Å². The molecule has 2 aromatic carbocycles. The Hall–Kier alpha value is -3.61. The minimum Gasteiger partial charge on any atom is -0.437 e. The van der Waals surface area contributed by atoms with E-state index in [9.17, 15) is 36.5 Å². The van der Waals surface area contributed by atoms with Crippen LogP contribution in [-0.4, -0.2) is 14.9 Å². The molecule has 168 valence electrons. The van der Waals surface area contributed by atoms with Crippen LogP contribution >= 0.6 is 11.6 Å². The Morgan fingerprint density at radius 2 is 1.31 bits per heavy atom. The van der Waals surface area contributed by atoms with Crippen molar-refractivity contribution < 1.29 is 40.7 Å². The Morgan fingerprint density at radius 3 is 1.84 bits per heavy atom. The highest BCUT2D eigenvalue weighted by atomic mass is 35.5. The third kappa shape index (κ3) is 5.35. The van der Waals surface area contributed by atoms with Crippen molar-refractivity contribution in [3.63, 3.8) is 0 Å². The van der Waals surface area contributed by atoms with E-state index in [2.05, 4.69) is 9.97 Å². The quantitative estimate of drug-likeness (QED) is 0.231. The van der Waals surface area contributed by atoms with E-state index in [4.69, 9.17) is 21.1 Å². The van der Waals surface area contributed by atoms with E-state index in [0.29, 0.717) is 24.3 Å². The lowest BCUT2D eigenvalue weighted by molar-refractivity contribution is -0.385. The fraction of sp³-hybridized carbons (Fsp3) is 0.111. The van der Waals surface area contributed by atoms with Crippen LogP contribution in [-0.2, 0) is 12.4 Å². The largest absolute Gasteiger partial charge is 0.437 e. The Balaban J connectivity index is 1.92. The highest BCUT2D eigenvalue weighted by Crippen LogP contribution is 2.39. The van der Waals surface area contributed by atoms with Gasteiger partial charge in [0.15, 0.2) is 0 Å². The van der Waals surface area contributed by atoms with E-state index in [1.807, 2.05) is 0 Å². The van der Waals surface area contributed by atoms with Crippen molar-refractivity contribution in [3.8, 4) is 23.3 Å². The van der Waals surface area contributed by atoms with Gasteiger partial charge in [0.25, 0.3) is 0 Å². The summed E-state index contributed by atoms with van der Waals surface area (Å²) in [5, 5.41) is 10.9. The molecule has 0 atom stereocenters. The van der Waals surface area contributed by atoms with Gasteiger partial charge in [-0.2, -0.15) is 26.3 Å². The molecule has 3 rings (SSSR count). The molecular formula is C18H8ClF6N3O4. The predicted molar refractivity (Wildman–Crippen MR) is 96.7 cm³/mol. The van der Waals surface area contributed by atoms with E-state index >= 15 is 0 Å².